The molecule has 0 spiro atoms. The van der Waals surface area contributed by atoms with Crippen LogP contribution in [0.5, 0.6) is 5.75 Å². The predicted octanol–water partition coefficient (Wildman–Crippen LogP) is 2.91. The van der Waals surface area contributed by atoms with Crippen molar-refractivity contribution in [2.75, 3.05) is 13.7 Å². The summed E-state index contributed by atoms with van der Waals surface area (Å²) in [6.45, 7) is 1.02. The van der Waals surface area contributed by atoms with Crippen LogP contribution in [-0.2, 0) is 11.3 Å². The first-order valence-corrected chi connectivity index (χ1v) is 6.33. The van der Waals surface area contributed by atoms with Gasteiger partial charge in [0.1, 0.15) is 11.9 Å². The molecule has 3 heteroatoms. The van der Waals surface area contributed by atoms with E-state index in [0.717, 1.165) is 16.9 Å². The second kappa shape index (κ2) is 6.92. The number of hydrogen-bond acceptors (Lipinski definition) is 3. The Bertz CT molecular complexity index is 499. The minimum absolute atomic E-state index is 0.126. The van der Waals surface area contributed by atoms with Crippen molar-refractivity contribution in [3.05, 3.63) is 65.7 Å². The van der Waals surface area contributed by atoms with E-state index in [-0.39, 0.29) is 6.10 Å². The lowest BCUT2D eigenvalue weighted by Crippen LogP contribution is -2.18. The SMILES string of the molecule is COCc1cccc(OC(CN)c2ccccc2)c1. The van der Waals surface area contributed by atoms with Crippen molar-refractivity contribution in [3.8, 4) is 5.75 Å². The van der Waals surface area contributed by atoms with Gasteiger partial charge < -0.3 is 15.2 Å². The second-order valence-electron chi connectivity index (χ2n) is 4.33. The molecule has 2 rings (SSSR count). The summed E-state index contributed by atoms with van der Waals surface area (Å²) in [5.41, 5.74) is 7.97. The summed E-state index contributed by atoms with van der Waals surface area (Å²) >= 11 is 0. The minimum atomic E-state index is -0.126. The van der Waals surface area contributed by atoms with E-state index in [1.165, 1.54) is 0 Å². The highest BCUT2D eigenvalue weighted by Crippen LogP contribution is 2.22. The maximum absolute atomic E-state index is 5.96. The average molecular weight is 257 g/mol. The van der Waals surface area contributed by atoms with Crippen LogP contribution in [0.25, 0.3) is 0 Å². The fourth-order valence-electron chi connectivity index (χ4n) is 1.96. The molecule has 19 heavy (non-hydrogen) atoms. The molecule has 0 fully saturated rings. The summed E-state index contributed by atoms with van der Waals surface area (Å²) in [7, 11) is 1.68. The topological polar surface area (TPSA) is 44.5 Å². The van der Waals surface area contributed by atoms with E-state index in [4.69, 9.17) is 15.2 Å². The number of nitrogens with two attached hydrogens (primary N) is 1. The van der Waals surface area contributed by atoms with E-state index in [0.29, 0.717) is 13.2 Å². The van der Waals surface area contributed by atoms with E-state index in [1.54, 1.807) is 7.11 Å². The van der Waals surface area contributed by atoms with E-state index in [2.05, 4.69) is 0 Å². The number of benzene rings is 2. The van der Waals surface area contributed by atoms with Crippen molar-refractivity contribution < 1.29 is 9.47 Å². The first-order valence-electron chi connectivity index (χ1n) is 6.33. The molecule has 0 aliphatic heterocycles. The Morgan fingerprint density at radius 2 is 1.84 bits per heavy atom. The van der Waals surface area contributed by atoms with Gasteiger partial charge in [0, 0.05) is 13.7 Å². The van der Waals surface area contributed by atoms with Gasteiger partial charge in [-0.1, -0.05) is 42.5 Å². The monoisotopic (exact) mass is 257 g/mol. The Morgan fingerprint density at radius 3 is 2.53 bits per heavy atom. The van der Waals surface area contributed by atoms with E-state index < -0.39 is 0 Å². The van der Waals surface area contributed by atoms with Gasteiger partial charge in [0.15, 0.2) is 0 Å². The highest BCUT2D eigenvalue weighted by atomic mass is 16.5. The summed E-state index contributed by atoms with van der Waals surface area (Å²) < 4.78 is 11.1. The summed E-state index contributed by atoms with van der Waals surface area (Å²) in [5.74, 6) is 0.814. The van der Waals surface area contributed by atoms with E-state index in [9.17, 15) is 0 Å². The third-order valence-electron chi connectivity index (χ3n) is 2.87. The second-order valence-corrected chi connectivity index (χ2v) is 4.33. The van der Waals surface area contributed by atoms with Crippen molar-refractivity contribution in [1.82, 2.24) is 0 Å². The lowest BCUT2D eigenvalue weighted by Gasteiger charge is -2.18. The molecule has 0 aliphatic carbocycles. The molecule has 0 aromatic heterocycles. The standard InChI is InChI=1S/C16H19NO2/c1-18-12-13-6-5-9-15(10-13)19-16(11-17)14-7-3-2-4-8-14/h2-10,16H,11-12,17H2,1H3. The number of hydrogen-bond donors (Lipinski definition) is 1. The van der Waals surface area contributed by atoms with Crippen LogP contribution >= 0.6 is 0 Å². The zero-order valence-electron chi connectivity index (χ0n) is 11.1. The van der Waals surface area contributed by atoms with Crippen LogP contribution in [0.3, 0.4) is 0 Å². The number of rotatable bonds is 6. The molecule has 2 N–H and O–H groups in total. The molecule has 0 heterocycles. The third-order valence-corrected chi connectivity index (χ3v) is 2.87. The quantitative estimate of drug-likeness (QED) is 0.865. The van der Waals surface area contributed by atoms with Gasteiger partial charge >= 0.3 is 0 Å². The Hall–Kier alpha value is -1.84. The summed E-state index contributed by atoms with van der Waals surface area (Å²) in [5, 5.41) is 0. The van der Waals surface area contributed by atoms with Gasteiger partial charge in [-0.25, -0.2) is 0 Å². The Kier molecular flexibility index (Phi) is 4.95. The summed E-state index contributed by atoms with van der Waals surface area (Å²) in [4.78, 5) is 0. The third kappa shape index (κ3) is 3.81. The fourth-order valence-corrected chi connectivity index (χ4v) is 1.96. The van der Waals surface area contributed by atoms with Gasteiger partial charge in [-0.3, -0.25) is 0 Å². The fraction of sp³-hybridized carbons (Fsp3) is 0.250. The zero-order chi connectivity index (χ0) is 13.5. The first-order chi connectivity index (χ1) is 9.33. The van der Waals surface area contributed by atoms with Gasteiger partial charge in [-0.2, -0.15) is 0 Å². The first kappa shape index (κ1) is 13.6. The van der Waals surface area contributed by atoms with Crippen LogP contribution in [0.15, 0.2) is 54.6 Å². The van der Waals surface area contributed by atoms with Crippen molar-refractivity contribution >= 4 is 0 Å². The van der Waals surface area contributed by atoms with Crippen molar-refractivity contribution in [1.29, 1.82) is 0 Å². The van der Waals surface area contributed by atoms with Crippen LogP contribution < -0.4 is 10.5 Å². The smallest absolute Gasteiger partial charge is 0.136 e. The average Bonchev–Trinajstić information content (AvgIpc) is 2.46. The molecule has 0 amide bonds. The molecule has 1 unspecified atom stereocenters. The maximum atomic E-state index is 5.96. The molecule has 0 saturated carbocycles. The molecular formula is C16H19NO2. The molecule has 0 bridgehead atoms. The van der Waals surface area contributed by atoms with Gasteiger partial charge in [0.2, 0.25) is 0 Å². The van der Waals surface area contributed by atoms with Crippen LogP contribution in [0.4, 0.5) is 0 Å². The molecule has 0 aliphatic rings. The van der Waals surface area contributed by atoms with Crippen LogP contribution in [-0.4, -0.2) is 13.7 Å². The number of methoxy groups -OCH3 is 1. The van der Waals surface area contributed by atoms with E-state index >= 15 is 0 Å². The Balaban J connectivity index is 2.12. The normalized spacial score (nSPS) is 12.1. The number of ether oxygens (including phenoxy) is 2. The lowest BCUT2D eigenvalue weighted by atomic mass is 10.1. The van der Waals surface area contributed by atoms with Crippen LogP contribution in [0.2, 0.25) is 0 Å². The van der Waals surface area contributed by atoms with Gasteiger partial charge in [-0.15, -0.1) is 0 Å². The van der Waals surface area contributed by atoms with Crippen LogP contribution in [0, 0.1) is 0 Å². The molecule has 1 atom stereocenters. The molecule has 3 nitrogen and oxygen atoms in total. The van der Waals surface area contributed by atoms with Gasteiger partial charge in [0.05, 0.1) is 6.61 Å². The lowest BCUT2D eigenvalue weighted by molar-refractivity contribution is 0.183. The molecule has 100 valence electrons. The summed E-state index contributed by atoms with van der Waals surface area (Å²) in [6, 6.07) is 17.9. The molecule has 0 saturated heterocycles. The van der Waals surface area contributed by atoms with Crippen molar-refractivity contribution in [2.45, 2.75) is 12.7 Å². The predicted molar refractivity (Wildman–Crippen MR) is 76.0 cm³/mol. The molecule has 0 radical (unpaired) electrons. The minimum Gasteiger partial charge on any atom is -0.484 e. The largest absolute Gasteiger partial charge is 0.484 e. The zero-order valence-corrected chi connectivity index (χ0v) is 11.1. The summed E-state index contributed by atoms with van der Waals surface area (Å²) in [6.07, 6.45) is -0.126. The Labute approximate surface area is 114 Å². The highest BCUT2D eigenvalue weighted by Gasteiger charge is 2.11. The van der Waals surface area contributed by atoms with Crippen molar-refractivity contribution in [2.24, 2.45) is 5.73 Å². The van der Waals surface area contributed by atoms with E-state index in [1.807, 2.05) is 54.6 Å². The van der Waals surface area contributed by atoms with Gasteiger partial charge in [0.25, 0.3) is 0 Å². The molecular weight excluding hydrogens is 238 g/mol. The van der Waals surface area contributed by atoms with Crippen LogP contribution in [0.1, 0.15) is 17.2 Å². The molecule has 2 aromatic carbocycles. The van der Waals surface area contributed by atoms with Gasteiger partial charge in [-0.05, 0) is 23.3 Å². The Morgan fingerprint density at radius 1 is 1.05 bits per heavy atom. The maximum Gasteiger partial charge on any atom is 0.136 e. The highest BCUT2D eigenvalue weighted by molar-refractivity contribution is 5.29. The van der Waals surface area contributed by atoms with Crippen molar-refractivity contribution in [3.63, 3.8) is 0 Å². The molecule has 2 aromatic rings.